The minimum Gasteiger partial charge on any atom is -0.373 e. The molecule has 3 aromatic rings. The van der Waals surface area contributed by atoms with Gasteiger partial charge >= 0.3 is 0 Å². The molecule has 7 heteroatoms. The number of aromatic nitrogens is 2. The second-order valence-electron chi connectivity index (χ2n) is 4.03. The number of nitrogens with zero attached hydrogens (tertiary/aromatic N) is 2. The molecule has 0 bridgehead atoms. The van der Waals surface area contributed by atoms with Gasteiger partial charge in [-0.3, -0.25) is 0 Å². The second-order valence-corrected chi connectivity index (χ2v) is 6.59. The molecule has 2 heterocycles. The third kappa shape index (κ3) is 2.44. The molecule has 1 N–H and O–H groups in total. The Morgan fingerprint density at radius 2 is 1.90 bits per heavy atom. The molecule has 0 aliphatic carbocycles. The number of nitrogens with one attached hydrogen (secondary N) is 1. The summed E-state index contributed by atoms with van der Waals surface area (Å²) >= 11 is 19.6. The van der Waals surface area contributed by atoms with Crippen molar-refractivity contribution >= 4 is 62.9 Å². The van der Waals surface area contributed by atoms with E-state index in [2.05, 4.69) is 15.3 Å². The molecule has 0 spiro atoms. The van der Waals surface area contributed by atoms with E-state index in [1.165, 1.54) is 11.3 Å². The van der Waals surface area contributed by atoms with Gasteiger partial charge in [0.15, 0.2) is 5.82 Å². The third-order valence-electron chi connectivity index (χ3n) is 2.75. The number of halogens is 3. The smallest absolute Gasteiger partial charge is 0.172 e. The average Bonchev–Trinajstić information content (AvgIpc) is 2.84. The summed E-state index contributed by atoms with van der Waals surface area (Å²) in [5.41, 5.74) is 0.662. The number of hydrogen-bond donors (Lipinski definition) is 1. The van der Waals surface area contributed by atoms with E-state index >= 15 is 0 Å². The van der Waals surface area contributed by atoms with Crippen LogP contribution < -0.4 is 5.32 Å². The van der Waals surface area contributed by atoms with Crippen LogP contribution in [0.2, 0.25) is 14.4 Å². The Bertz CT molecular complexity index is 801. The zero-order chi connectivity index (χ0) is 14.3. The second kappa shape index (κ2) is 5.37. The maximum atomic E-state index is 6.23. The van der Waals surface area contributed by atoms with E-state index in [4.69, 9.17) is 34.8 Å². The van der Waals surface area contributed by atoms with Gasteiger partial charge in [-0.2, -0.15) is 0 Å². The van der Waals surface area contributed by atoms with Gasteiger partial charge in [-0.05, 0) is 24.3 Å². The molecule has 0 saturated heterocycles. The fourth-order valence-corrected chi connectivity index (χ4v) is 3.41. The number of fused-ring (bicyclic) bond motifs is 1. The van der Waals surface area contributed by atoms with Gasteiger partial charge in [0.1, 0.15) is 5.82 Å². The Labute approximate surface area is 134 Å². The van der Waals surface area contributed by atoms with Crippen LogP contribution in [-0.4, -0.2) is 17.0 Å². The molecule has 0 amide bonds. The first kappa shape index (κ1) is 13.9. The van der Waals surface area contributed by atoms with Crippen molar-refractivity contribution in [3.8, 4) is 10.7 Å². The maximum Gasteiger partial charge on any atom is 0.172 e. The molecule has 0 fully saturated rings. The topological polar surface area (TPSA) is 37.8 Å². The molecule has 2 aromatic heterocycles. The van der Waals surface area contributed by atoms with Crippen molar-refractivity contribution in [1.29, 1.82) is 0 Å². The molecule has 0 atom stereocenters. The molecule has 0 aliphatic heterocycles. The van der Waals surface area contributed by atoms with Gasteiger partial charge in [0, 0.05) is 17.5 Å². The summed E-state index contributed by atoms with van der Waals surface area (Å²) in [5, 5.41) is 4.88. The van der Waals surface area contributed by atoms with Gasteiger partial charge in [0.05, 0.1) is 19.8 Å². The van der Waals surface area contributed by atoms with Crippen LogP contribution in [0.15, 0.2) is 24.3 Å². The minimum atomic E-state index is 0.496. The van der Waals surface area contributed by atoms with Crippen molar-refractivity contribution in [2.24, 2.45) is 0 Å². The zero-order valence-corrected chi connectivity index (χ0v) is 13.3. The first-order valence-electron chi connectivity index (χ1n) is 5.69. The summed E-state index contributed by atoms with van der Waals surface area (Å²) < 4.78 is 0.692. The molecule has 0 saturated carbocycles. The Kier molecular flexibility index (Phi) is 3.73. The number of rotatable bonds is 2. The first-order chi connectivity index (χ1) is 9.58. The fraction of sp³-hybridized carbons (Fsp3) is 0.0769. The molecule has 102 valence electrons. The van der Waals surface area contributed by atoms with Crippen LogP contribution in [0.1, 0.15) is 0 Å². The standard InChI is InChI=1S/C13H8Cl3N3S/c1-17-12-7-4-6(14)5-8(15)11(7)18-13(19-12)9-2-3-10(16)20-9/h2-5H,1H3,(H,17,18,19). The summed E-state index contributed by atoms with van der Waals surface area (Å²) in [6.45, 7) is 0. The normalized spacial score (nSPS) is 11.0. The van der Waals surface area contributed by atoms with Crippen LogP contribution in [-0.2, 0) is 0 Å². The number of thiophene rings is 1. The van der Waals surface area contributed by atoms with Crippen LogP contribution in [0, 0.1) is 0 Å². The van der Waals surface area contributed by atoms with Gasteiger partial charge < -0.3 is 5.32 Å². The van der Waals surface area contributed by atoms with E-state index in [0.29, 0.717) is 31.5 Å². The Morgan fingerprint density at radius 1 is 1.10 bits per heavy atom. The minimum absolute atomic E-state index is 0.496. The Hall–Kier alpha value is -1.07. The van der Waals surface area contributed by atoms with Crippen LogP contribution >= 0.6 is 46.1 Å². The Balaban J connectivity index is 2.31. The highest BCUT2D eigenvalue weighted by molar-refractivity contribution is 7.19. The summed E-state index contributed by atoms with van der Waals surface area (Å²) in [4.78, 5) is 9.90. The van der Waals surface area contributed by atoms with E-state index in [-0.39, 0.29) is 0 Å². The van der Waals surface area contributed by atoms with Crippen molar-refractivity contribution in [3.05, 3.63) is 38.6 Å². The number of anilines is 1. The highest BCUT2D eigenvalue weighted by Gasteiger charge is 2.13. The highest BCUT2D eigenvalue weighted by atomic mass is 35.5. The molecular weight excluding hydrogens is 337 g/mol. The number of hydrogen-bond acceptors (Lipinski definition) is 4. The molecule has 0 aliphatic rings. The zero-order valence-electron chi connectivity index (χ0n) is 10.2. The van der Waals surface area contributed by atoms with Crippen molar-refractivity contribution in [3.63, 3.8) is 0 Å². The van der Waals surface area contributed by atoms with Crippen molar-refractivity contribution < 1.29 is 0 Å². The largest absolute Gasteiger partial charge is 0.373 e. The van der Waals surface area contributed by atoms with Gasteiger partial charge in [0.2, 0.25) is 0 Å². The molecule has 3 nitrogen and oxygen atoms in total. The quantitative estimate of drug-likeness (QED) is 0.680. The van der Waals surface area contributed by atoms with Gasteiger partial charge in [-0.15, -0.1) is 11.3 Å². The predicted molar refractivity (Wildman–Crippen MR) is 87.4 cm³/mol. The van der Waals surface area contributed by atoms with Gasteiger partial charge in [-0.1, -0.05) is 34.8 Å². The van der Waals surface area contributed by atoms with Gasteiger partial charge in [0.25, 0.3) is 0 Å². The van der Waals surface area contributed by atoms with E-state index < -0.39 is 0 Å². The lowest BCUT2D eigenvalue weighted by atomic mass is 10.2. The summed E-state index contributed by atoms with van der Waals surface area (Å²) in [7, 11) is 1.79. The monoisotopic (exact) mass is 343 g/mol. The van der Waals surface area contributed by atoms with E-state index in [1.807, 2.05) is 12.1 Å². The summed E-state index contributed by atoms with van der Waals surface area (Å²) in [6, 6.07) is 7.16. The number of benzene rings is 1. The van der Waals surface area contributed by atoms with Gasteiger partial charge in [-0.25, -0.2) is 9.97 Å². The third-order valence-corrected chi connectivity index (χ3v) is 4.48. The summed E-state index contributed by atoms with van der Waals surface area (Å²) in [6.07, 6.45) is 0. The predicted octanol–water partition coefficient (Wildman–Crippen LogP) is 5.36. The Morgan fingerprint density at radius 3 is 2.55 bits per heavy atom. The molecule has 0 radical (unpaired) electrons. The highest BCUT2D eigenvalue weighted by Crippen LogP contribution is 2.34. The molecule has 20 heavy (non-hydrogen) atoms. The SMILES string of the molecule is CNc1nc(-c2ccc(Cl)s2)nc2c(Cl)cc(Cl)cc12. The average molecular weight is 345 g/mol. The van der Waals surface area contributed by atoms with Crippen LogP contribution in [0.5, 0.6) is 0 Å². The van der Waals surface area contributed by atoms with Crippen LogP contribution in [0.4, 0.5) is 5.82 Å². The van der Waals surface area contributed by atoms with E-state index in [1.54, 1.807) is 19.2 Å². The lowest BCUT2D eigenvalue weighted by Gasteiger charge is -2.08. The molecule has 3 rings (SSSR count). The fourth-order valence-electron chi connectivity index (χ4n) is 1.89. The van der Waals surface area contributed by atoms with Crippen LogP contribution in [0.25, 0.3) is 21.6 Å². The van der Waals surface area contributed by atoms with E-state index in [9.17, 15) is 0 Å². The first-order valence-corrected chi connectivity index (χ1v) is 7.64. The maximum absolute atomic E-state index is 6.23. The van der Waals surface area contributed by atoms with Crippen LogP contribution in [0.3, 0.4) is 0 Å². The van der Waals surface area contributed by atoms with Crippen molar-refractivity contribution in [2.75, 3.05) is 12.4 Å². The lowest BCUT2D eigenvalue weighted by Crippen LogP contribution is -1.98. The van der Waals surface area contributed by atoms with Crippen molar-refractivity contribution in [2.45, 2.75) is 0 Å². The molecule has 0 unspecified atom stereocenters. The van der Waals surface area contributed by atoms with Crippen molar-refractivity contribution in [1.82, 2.24) is 9.97 Å². The summed E-state index contributed by atoms with van der Waals surface area (Å²) in [5.74, 6) is 1.27. The molecule has 1 aromatic carbocycles. The van der Waals surface area contributed by atoms with E-state index in [0.717, 1.165) is 10.3 Å². The lowest BCUT2D eigenvalue weighted by molar-refractivity contribution is 1.22. The molecular formula is C13H8Cl3N3S.